The summed E-state index contributed by atoms with van der Waals surface area (Å²) in [4.78, 5) is 1.25. The van der Waals surface area contributed by atoms with Crippen molar-refractivity contribution >= 4 is 48.9 Å². The van der Waals surface area contributed by atoms with E-state index in [1.807, 2.05) is 23.5 Å². The summed E-state index contributed by atoms with van der Waals surface area (Å²) in [5, 5.41) is 1.90. The Balaban J connectivity index is 0.00000121. The number of aromatic nitrogens is 1. The van der Waals surface area contributed by atoms with Crippen molar-refractivity contribution in [2.24, 2.45) is 0 Å². The summed E-state index contributed by atoms with van der Waals surface area (Å²) in [5.74, 6) is 0. The van der Waals surface area contributed by atoms with Crippen molar-refractivity contribution in [1.29, 1.82) is 0 Å². The molecule has 0 spiro atoms. The van der Waals surface area contributed by atoms with E-state index in [9.17, 15) is 0 Å². The zero-order valence-electron chi connectivity index (χ0n) is 10.7. The number of pyridine rings is 1. The van der Waals surface area contributed by atoms with Crippen LogP contribution in [0, 0.1) is 6.92 Å². The normalized spacial score (nSPS) is 11.1. The second-order valence-electron chi connectivity index (χ2n) is 4.75. The first-order chi connectivity index (χ1) is 9.24. The summed E-state index contributed by atoms with van der Waals surface area (Å²) in [6.45, 7) is 2.13. The first-order valence-electron chi connectivity index (χ1n) is 6.16. The van der Waals surface area contributed by atoms with Crippen LogP contribution in [0.25, 0.3) is 25.9 Å². The van der Waals surface area contributed by atoms with Crippen LogP contribution < -0.4 is 16.8 Å². The molecule has 0 amide bonds. The summed E-state index contributed by atoms with van der Waals surface area (Å²) >= 11 is 8.11. The second-order valence-corrected chi connectivity index (χ2v) is 6.22. The number of benzene rings is 2. The van der Waals surface area contributed by atoms with Gasteiger partial charge in [0.2, 0.25) is 11.0 Å². The van der Waals surface area contributed by atoms with Gasteiger partial charge in [0.1, 0.15) is 4.70 Å². The molecule has 100 valence electrons. The van der Waals surface area contributed by atoms with Gasteiger partial charge in [-0.3, -0.25) is 0 Å². The molecule has 0 aliphatic rings. The average molecular weight is 320 g/mol. The summed E-state index contributed by atoms with van der Waals surface area (Å²) in [6.07, 6.45) is 0. The average Bonchev–Trinajstić information content (AvgIpc) is 2.77. The fourth-order valence-electron chi connectivity index (χ4n) is 2.56. The second kappa shape index (κ2) is 4.88. The summed E-state index contributed by atoms with van der Waals surface area (Å²) in [5.41, 5.74) is 3.70. The van der Waals surface area contributed by atoms with Crippen molar-refractivity contribution in [2.45, 2.75) is 6.92 Å². The largest absolute Gasteiger partial charge is 1.00 e. The Morgan fingerprint density at radius 1 is 1.00 bits per heavy atom. The molecular formula is C16H11Cl2NS. The molecule has 2 aromatic heterocycles. The van der Waals surface area contributed by atoms with E-state index in [4.69, 9.17) is 11.6 Å². The SMILES string of the molecule is Cc1ccc2sc3ccc4c(Cl)cccc4[n+]3c2c1.[Cl-]. The fourth-order valence-corrected chi connectivity index (χ4v) is 3.84. The molecule has 0 N–H and O–H groups in total. The van der Waals surface area contributed by atoms with E-state index in [-0.39, 0.29) is 12.4 Å². The molecule has 2 heterocycles. The third-order valence-electron chi connectivity index (χ3n) is 3.45. The highest BCUT2D eigenvalue weighted by Crippen LogP contribution is 2.27. The van der Waals surface area contributed by atoms with E-state index < -0.39 is 0 Å². The van der Waals surface area contributed by atoms with Crippen LogP contribution in [0.4, 0.5) is 0 Å². The fraction of sp³-hybridized carbons (Fsp3) is 0.0625. The number of rotatable bonds is 0. The molecule has 0 fully saturated rings. The highest BCUT2D eigenvalue weighted by molar-refractivity contribution is 7.23. The molecule has 0 saturated carbocycles. The number of thiazole rings is 1. The van der Waals surface area contributed by atoms with Crippen molar-refractivity contribution in [2.75, 3.05) is 0 Å². The lowest BCUT2D eigenvalue weighted by molar-refractivity contribution is -0.446. The first kappa shape index (κ1) is 13.6. The van der Waals surface area contributed by atoms with E-state index in [2.05, 4.69) is 47.7 Å². The lowest BCUT2D eigenvalue weighted by atomic mass is 10.2. The van der Waals surface area contributed by atoms with Gasteiger partial charge in [0, 0.05) is 18.2 Å². The number of hydrogen-bond acceptors (Lipinski definition) is 1. The summed E-state index contributed by atoms with van der Waals surface area (Å²) in [7, 11) is 0. The van der Waals surface area contributed by atoms with Crippen LogP contribution in [-0.2, 0) is 0 Å². The smallest absolute Gasteiger partial charge is 0.268 e. The van der Waals surface area contributed by atoms with Gasteiger partial charge in [-0.2, -0.15) is 0 Å². The Kier molecular flexibility index (Phi) is 3.33. The predicted octanol–water partition coefficient (Wildman–Crippen LogP) is 1.76. The summed E-state index contributed by atoms with van der Waals surface area (Å²) in [6, 6.07) is 16.9. The van der Waals surface area contributed by atoms with Crippen molar-refractivity contribution in [3.63, 3.8) is 0 Å². The van der Waals surface area contributed by atoms with Gasteiger partial charge in [0.25, 0.3) is 4.83 Å². The third-order valence-corrected chi connectivity index (χ3v) is 4.88. The zero-order chi connectivity index (χ0) is 13.0. The predicted molar refractivity (Wildman–Crippen MR) is 82.2 cm³/mol. The van der Waals surface area contributed by atoms with Crippen LogP contribution in [0.3, 0.4) is 0 Å². The lowest BCUT2D eigenvalue weighted by Crippen LogP contribution is -3.00. The molecule has 0 radical (unpaired) electrons. The van der Waals surface area contributed by atoms with Gasteiger partial charge in [-0.05, 0) is 30.7 Å². The van der Waals surface area contributed by atoms with Crippen LogP contribution >= 0.6 is 22.9 Å². The molecule has 4 rings (SSSR count). The Morgan fingerprint density at radius 3 is 2.70 bits per heavy atom. The Morgan fingerprint density at radius 2 is 1.85 bits per heavy atom. The van der Waals surface area contributed by atoms with Gasteiger partial charge in [0.05, 0.1) is 10.4 Å². The minimum Gasteiger partial charge on any atom is -1.00 e. The van der Waals surface area contributed by atoms with Gasteiger partial charge in [-0.25, -0.2) is 0 Å². The number of fused-ring (bicyclic) bond motifs is 5. The van der Waals surface area contributed by atoms with E-state index in [1.165, 1.54) is 26.1 Å². The molecule has 0 saturated heterocycles. The van der Waals surface area contributed by atoms with Gasteiger partial charge < -0.3 is 12.4 Å². The monoisotopic (exact) mass is 319 g/mol. The van der Waals surface area contributed by atoms with E-state index in [0.717, 1.165) is 10.4 Å². The third kappa shape index (κ3) is 1.87. The number of nitrogens with zero attached hydrogens (tertiary/aromatic N) is 1. The van der Waals surface area contributed by atoms with Crippen molar-refractivity contribution in [1.82, 2.24) is 0 Å². The first-order valence-corrected chi connectivity index (χ1v) is 7.36. The van der Waals surface area contributed by atoms with Gasteiger partial charge in [-0.1, -0.05) is 35.1 Å². The Bertz CT molecular complexity index is 943. The van der Waals surface area contributed by atoms with E-state index >= 15 is 0 Å². The molecule has 4 heteroatoms. The van der Waals surface area contributed by atoms with E-state index in [1.54, 1.807) is 0 Å². The van der Waals surface area contributed by atoms with Crippen molar-refractivity contribution < 1.29 is 16.8 Å². The van der Waals surface area contributed by atoms with Gasteiger partial charge in [0.15, 0.2) is 0 Å². The quantitative estimate of drug-likeness (QED) is 0.435. The highest BCUT2D eigenvalue weighted by Gasteiger charge is 2.18. The van der Waals surface area contributed by atoms with Crippen LogP contribution in [0.5, 0.6) is 0 Å². The Hall–Kier alpha value is -1.35. The van der Waals surface area contributed by atoms with Crippen LogP contribution in [0.15, 0.2) is 48.5 Å². The molecule has 4 aromatic rings. The van der Waals surface area contributed by atoms with Gasteiger partial charge >= 0.3 is 0 Å². The molecule has 20 heavy (non-hydrogen) atoms. The maximum atomic E-state index is 6.30. The molecule has 0 aliphatic heterocycles. The maximum absolute atomic E-state index is 6.30. The molecule has 0 aliphatic carbocycles. The van der Waals surface area contributed by atoms with Crippen LogP contribution in [0.2, 0.25) is 5.02 Å². The van der Waals surface area contributed by atoms with Crippen LogP contribution in [-0.4, -0.2) is 0 Å². The molecule has 0 atom stereocenters. The highest BCUT2D eigenvalue weighted by atomic mass is 35.5. The zero-order valence-corrected chi connectivity index (χ0v) is 13.1. The molecular weight excluding hydrogens is 309 g/mol. The molecule has 0 unspecified atom stereocenters. The van der Waals surface area contributed by atoms with Gasteiger partial charge in [-0.15, -0.1) is 4.40 Å². The van der Waals surface area contributed by atoms with Crippen molar-refractivity contribution in [3.05, 3.63) is 59.1 Å². The van der Waals surface area contributed by atoms with Crippen molar-refractivity contribution in [3.8, 4) is 0 Å². The number of aryl methyl sites for hydroxylation is 1. The molecule has 1 nitrogen and oxygen atoms in total. The lowest BCUT2D eigenvalue weighted by Gasteiger charge is -1.96. The molecule has 2 aromatic carbocycles. The number of halogens is 2. The summed E-state index contributed by atoms with van der Waals surface area (Å²) < 4.78 is 3.60. The minimum atomic E-state index is 0. The standard InChI is InChI=1S/C16H11ClNS.ClH/c1-10-5-7-15-14(9-10)18-13-4-2-3-12(17)11(13)6-8-16(18)19-15;/h2-9H,1H3;1H/q+1;/p-1. The van der Waals surface area contributed by atoms with Crippen LogP contribution in [0.1, 0.15) is 5.56 Å². The Labute approximate surface area is 131 Å². The minimum absolute atomic E-state index is 0. The topological polar surface area (TPSA) is 4.10 Å². The number of hydrogen-bond donors (Lipinski definition) is 0. The van der Waals surface area contributed by atoms with E-state index in [0.29, 0.717) is 0 Å². The molecule has 0 bridgehead atoms. The maximum Gasteiger partial charge on any atom is 0.268 e.